The molecule has 4 rings (SSSR count). The molecule has 0 radical (unpaired) electrons. The summed E-state index contributed by atoms with van der Waals surface area (Å²) >= 11 is 9.37. The lowest BCUT2D eigenvalue weighted by molar-refractivity contribution is -0.117. The molecule has 1 aromatic heterocycles. The van der Waals surface area contributed by atoms with Crippen molar-refractivity contribution in [3.8, 4) is 0 Å². The molecule has 0 aliphatic carbocycles. The van der Waals surface area contributed by atoms with Crippen molar-refractivity contribution < 1.29 is 14.0 Å². The van der Waals surface area contributed by atoms with Crippen LogP contribution in [-0.4, -0.2) is 28.6 Å². The zero-order chi connectivity index (χ0) is 19.7. The van der Waals surface area contributed by atoms with Crippen LogP contribution in [0.5, 0.6) is 0 Å². The lowest BCUT2D eigenvalue weighted by Gasteiger charge is -2.15. The fraction of sp³-hybridized carbons (Fsp3) is 0.158. The van der Waals surface area contributed by atoms with Crippen molar-refractivity contribution in [2.75, 3.05) is 16.8 Å². The maximum atomic E-state index is 12.4. The number of anilines is 2. The Balaban J connectivity index is 1.47. The van der Waals surface area contributed by atoms with Gasteiger partial charge in [-0.1, -0.05) is 50.8 Å². The second-order valence-electron chi connectivity index (χ2n) is 6.26. The van der Waals surface area contributed by atoms with Crippen molar-refractivity contribution >= 4 is 51.0 Å². The van der Waals surface area contributed by atoms with Crippen LogP contribution in [0.2, 0.25) is 5.02 Å². The first-order valence-corrected chi connectivity index (χ1v) is 9.63. The Morgan fingerprint density at radius 2 is 2.00 bits per heavy atom. The lowest BCUT2D eigenvalue weighted by Crippen LogP contribution is -2.24. The van der Waals surface area contributed by atoms with Crippen LogP contribution in [-0.2, 0) is 4.79 Å². The van der Waals surface area contributed by atoms with Crippen molar-refractivity contribution in [1.82, 2.24) is 10.2 Å². The number of hydrogen-bond donors (Lipinski definition) is 1. The Morgan fingerprint density at radius 3 is 2.79 bits per heavy atom. The predicted octanol–water partition coefficient (Wildman–Crippen LogP) is 4.26. The number of rotatable bonds is 4. The van der Waals surface area contributed by atoms with Gasteiger partial charge in [0.05, 0.1) is 16.5 Å². The van der Waals surface area contributed by atoms with Crippen LogP contribution < -0.4 is 10.2 Å². The molecule has 2 aromatic carbocycles. The number of nitrogens with one attached hydrogen (secondary N) is 1. The van der Waals surface area contributed by atoms with Crippen LogP contribution in [0.4, 0.5) is 11.7 Å². The van der Waals surface area contributed by atoms with Gasteiger partial charge in [-0.3, -0.25) is 14.9 Å². The van der Waals surface area contributed by atoms with Crippen LogP contribution in [0.1, 0.15) is 28.6 Å². The molecule has 3 aromatic rings. The highest BCUT2D eigenvalue weighted by Crippen LogP contribution is 2.31. The van der Waals surface area contributed by atoms with Crippen LogP contribution in [0.25, 0.3) is 0 Å². The molecule has 28 heavy (non-hydrogen) atoms. The standard InChI is InChI=1S/C19H14BrClN4O3/c20-12-6-7-15(21)14(9-12)17(27)22-19-24-23-18(28-19)11-8-16(26)25(10-11)13-4-2-1-3-5-13/h1-7,9,11H,8,10H2,(H,22,24,27). The van der Waals surface area contributed by atoms with Crippen LogP contribution in [0, 0.1) is 0 Å². The van der Waals surface area contributed by atoms with Crippen LogP contribution in [0.15, 0.2) is 57.4 Å². The zero-order valence-corrected chi connectivity index (χ0v) is 16.8. The molecule has 1 fully saturated rings. The summed E-state index contributed by atoms with van der Waals surface area (Å²) in [6.07, 6.45) is 0.266. The van der Waals surface area contributed by atoms with Gasteiger partial charge in [0.15, 0.2) is 0 Å². The number of benzene rings is 2. The normalized spacial score (nSPS) is 16.4. The molecule has 1 unspecified atom stereocenters. The Hall–Kier alpha value is -2.71. The molecular weight excluding hydrogens is 448 g/mol. The molecule has 0 saturated carbocycles. The molecule has 0 bridgehead atoms. The highest BCUT2D eigenvalue weighted by molar-refractivity contribution is 9.10. The third-order valence-electron chi connectivity index (χ3n) is 4.38. The van der Waals surface area contributed by atoms with Crippen molar-refractivity contribution in [2.24, 2.45) is 0 Å². The summed E-state index contributed by atoms with van der Waals surface area (Å²) in [5.41, 5.74) is 1.11. The number of amides is 2. The van der Waals surface area contributed by atoms with E-state index in [2.05, 4.69) is 31.4 Å². The van der Waals surface area contributed by atoms with Crippen molar-refractivity contribution in [3.05, 3.63) is 69.5 Å². The van der Waals surface area contributed by atoms with Gasteiger partial charge in [-0.05, 0) is 30.3 Å². The number of carbonyl (C=O) groups is 2. The number of halogens is 2. The Labute approximate surface area is 173 Å². The highest BCUT2D eigenvalue weighted by atomic mass is 79.9. The molecule has 1 aliphatic rings. The first-order valence-electron chi connectivity index (χ1n) is 8.46. The van der Waals surface area contributed by atoms with Crippen LogP contribution in [0.3, 0.4) is 0 Å². The predicted molar refractivity (Wildman–Crippen MR) is 108 cm³/mol. The van der Waals surface area contributed by atoms with Gasteiger partial charge in [-0.15, -0.1) is 5.10 Å². The molecule has 1 N–H and O–H groups in total. The number of carbonyl (C=O) groups excluding carboxylic acids is 2. The minimum Gasteiger partial charge on any atom is -0.407 e. The van der Waals surface area contributed by atoms with E-state index in [9.17, 15) is 9.59 Å². The Kier molecular flexibility index (Phi) is 5.15. The van der Waals surface area contributed by atoms with Crippen molar-refractivity contribution in [1.29, 1.82) is 0 Å². The van der Waals surface area contributed by atoms with Gasteiger partial charge in [0.1, 0.15) is 0 Å². The minimum atomic E-state index is -0.463. The minimum absolute atomic E-state index is 0.0131. The topological polar surface area (TPSA) is 88.3 Å². The van der Waals surface area contributed by atoms with E-state index in [1.54, 1.807) is 23.1 Å². The number of para-hydroxylation sites is 1. The van der Waals surface area contributed by atoms with E-state index in [0.29, 0.717) is 17.5 Å². The van der Waals surface area contributed by atoms with Crippen LogP contribution >= 0.6 is 27.5 Å². The fourth-order valence-electron chi connectivity index (χ4n) is 3.02. The summed E-state index contributed by atoms with van der Waals surface area (Å²) in [5, 5.41) is 10.7. The number of hydrogen-bond acceptors (Lipinski definition) is 5. The summed E-state index contributed by atoms with van der Waals surface area (Å²) in [6, 6.07) is 14.3. The molecule has 2 amide bonds. The molecule has 1 saturated heterocycles. The molecule has 1 atom stereocenters. The Bertz CT molecular complexity index is 1040. The summed E-state index contributed by atoms with van der Waals surface area (Å²) in [4.78, 5) is 26.4. The van der Waals surface area contributed by atoms with Gasteiger partial charge in [0.25, 0.3) is 5.91 Å². The second-order valence-corrected chi connectivity index (χ2v) is 7.59. The van der Waals surface area contributed by atoms with E-state index < -0.39 is 5.91 Å². The summed E-state index contributed by atoms with van der Waals surface area (Å²) in [5.74, 6) is -0.404. The fourth-order valence-corrected chi connectivity index (χ4v) is 3.58. The summed E-state index contributed by atoms with van der Waals surface area (Å²) in [7, 11) is 0. The zero-order valence-electron chi connectivity index (χ0n) is 14.4. The molecule has 2 heterocycles. The molecule has 0 spiro atoms. The van der Waals surface area contributed by atoms with Gasteiger partial charge < -0.3 is 9.32 Å². The monoisotopic (exact) mass is 460 g/mol. The molecule has 9 heteroatoms. The van der Waals surface area contributed by atoms with Gasteiger partial charge in [0, 0.05) is 23.1 Å². The second kappa shape index (κ2) is 7.73. The van der Waals surface area contributed by atoms with E-state index in [4.69, 9.17) is 16.0 Å². The largest absolute Gasteiger partial charge is 0.407 e. The third kappa shape index (κ3) is 3.79. The maximum absolute atomic E-state index is 12.4. The molecule has 7 nitrogen and oxygen atoms in total. The summed E-state index contributed by atoms with van der Waals surface area (Å²) < 4.78 is 6.30. The summed E-state index contributed by atoms with van der Waals surface area (Å²) in [6.45, 7) is 0.440. The van der Waals surface area contributed by atoms with Gasteiger partial charge in [-0.25, -0.2) is 0 Å². The first-order chi connectivity index (χ1) is 13.5. The van der Waals surface area contributed by atoms with E-state index in [0.717, 1.165) is 10.2 Å². The highest BCUT2D eigenvalue weighted by Gasteiger charge is 2.35. The number of nitrogens with zero attached hydrogens (tertiary/aromatic N) is 3. The molecule has 1 aliphatic heterocycles. The van der Waals surface area contributed by atoms with Gasteiger partial charge in [-0.2, -0.15) is 0 Å². The SMILES string of the molecule is O=C(Nc1nnc(C2CC(=O)N(c3ccccc3)C2)o1)c1cc(Br)ccc1Cl. The average molecular weight is 462 g/mol. The van der Waals surface area contributed by atoms with E-state index in [1.165, 1.54) is 0 Å². The molecular formula is C19H14BrClN4O3. The van der Waals surface area contributed by atoms with Gasteiger partial charge >= 0.3 is 6.01 Å². The van der Waals surface area contributed by atoms with Gasteiger partial charge in [0.2, 0.25) is 11.8 Å². The van der Waals surface area contributed by atoms with Crippen molar-refractivity contribution in [3.63, 3.8) is 0 Å². The third-order valence-corrected chi connectivity index (χ3v) is 5.20. The quantitative estimate of drug-likeness (QED) is 0.627. The average Bonchev–Trinajstić information content (AvgIpc) is 3.31. The first kappa shape index (κ1) is 18.6. The smallest absolute Gasteiger partial charge is 0.322 e. The van der Waals surface area contributed by atoms with Crippen molar-refractivity contribution in [2.45, 2.75) is 12.3 Å². The molecule has 142 valence electrons. The lowest BCUT2D eigenvalue weighted by atomic mass is 10.1. The number of aromatic nitrogens is 2. The Morgan fingerprint density at radius 1 is 1.21 bits per heavy atom. The van der Waals surface area contributed by atoms with E-state index >= 15 is 0 Å². The maximum Gasteiger partial charge on any atom is 0.322 e. The van der Waals surface area contributed by atoms with E-state index in [1.807, 2.05) is 30.3 Å². The van der Waals surface area contributed by atoms with E-state index in [-0.39, 0.29) is 29.8 Å².